The van der Waals surface area contributed by atoms with Gasteiger partial charge in [0, 0.05) is 97.1 Å². The predicted octanol–water partition coefficient (Wildman–Crippen LogP) is 6.12. The summed E-state index contributed by atoms with van der Waals surface area (Å²) in [4.78, 5) is 58.0. The summed E-state index contributed by atoms with van der Waals surface area (Å²) in [5.41, 5.74) is 24.6. The second-order valence-electron chi connectivity index (χ2n) is 14.8. The lowest BCUT2D eigenvalue weighted by atomic mass is 10.1. The number of benzene rings is 2. The van der Waals surface area contributed by atoms with Gasteiger partial charge in [-0.2, -0.15) is 0 Å². The molecular formula is C43H50N10O3S2. The van der Waals surface area contributed by atoms with E-state index in [0.717, 1.165) is 103 Å². The van der Waals surface area contributed by atoms with Crippen LogP contribution in [0.25, 0.3) is 20.4 Å². The average Bonchev–Trinajstić information content (AvgIpc) is 3.49. The number of anilines is 6. The third-order valence-corrected chi connectivity index (χ3v) is 13.0. The van der Waals surface area contributed by atoms with E-state index in [1.165, 1.54) is 34.0 Å². The molecule has 6 N–H and O–H groups in total. The normalized spacial score (nSPS) is 14.8. The number of nitrogens with zero attached hydrogens (tertiary/aromatic N) is 7. The smallest absolute Gasteiger partial charge is 0.260 e. The van der Waals surface area contributed by atoms with Crippen LogP contribution in [0.4, 0.5) is 34.1 Å². The molecule has 6 aromatic rings. The van der Waals surface area contributed by atoms with E-state index in [1.807, 2.05) is 30.3 Å². The zero-order valence-electron chi connectivity index (χ0n) is 33.2. The SMILES string of the molecule is CC(=O)c1sc2nccc(N3CCCN(c4ccc(CC(=O)N(C)C)cc4)CC3)c2c1N.NC(=O)c1sc2nccc(N3CCCN(c4ccccc4)CC3)c2c1N. The lowest BCUT2D eigenvalue weighted by Crippen LogP contribution is -2.30. The Labute approximate surface area is 346 Å². The Kier molecular flexibility index (Phi) is 12.3. The maximum absolute atomic E-state index is 12.0. The lowest BCUT2D eigenvalue weighted by molar-refractivity contribution is -0.127. The molecule has 8 rings (SSSR count). The van der Waals surface area contributed by atoms with Gasteiger partial charge in [-0.3, -0.25) is 14.4 Å². The first-order chi connectivity index (χ1) is 28.0. The van der Waals surface area contributed by atoms with Crippen molar-refractivity contribution in [3.8, 4) is 0 Å². The molecule has 2 aromatic carbocycles. The quantitative estimate of drug-likeness (QED) is 0.151. The monoisotopic (exact) mass is 818 g/mol. The number of hydrogen-bond donors (Lipinski definition) is 3. The molecule has 2 fully saturated rings. The van der Waals surface area contributed by atoms with Gasteiger partial charge in [-0.1, -0.05) is 30.3 Å². The van der Waals surface area contributed by atoms with Gasteiger partial charge in [0.2, 0.25) is 5.91 Å². The largest absolute Gasteiger partial charge is 0.397 e. The van der Waals surface area contributed by atoms with E-state index in [2.05, 4.69) is 66.0 Å². The van der Waals surface area contributed by atoms with Crippen molar-refractivity contribution in [1.29, 1.82) is 0 Å². The van der Waals surface area contributed by atoms with Gasteiger partial charge < -0.3 is 41.7 Å². The summed E-state index contributed by atoms with van der Waals surface area (Å²) >= 11 is 2.64. The summed E-state index contributed by atoms with van der Waals surface area (Å²) in [7, 11) is 3.56. The Morgan fingerprint density at radius 3 is 1.60 bits per heavy atom. The molecule has 4 aromatic heterocycles. The van der Waals surface area contributed by atoms with Crippen LogP contribution in [0.5, 0.6) is 0 Å². The summed E-state index contributed by atoms with van der Waals surface area (Å²) in [5.74, 6) is -0.413. The number of Topliss-reactive ketones (excluding diaryl/α,β-unsaturated/α-hetero) is 1. The Hall–Kier alpha value is -5.93. The number of rotatable bonds is 8. The standard InChI is InChI=1S/C24H29N5O2S.C19H21N5OS/c1-16(30)23-22(25)21-19(9-10-26-24(21)32-23)29-12-4-11-28(13-14-29)18-7-5-17(6-8-18)15-20(31)27(2)3;20-16-15-14(7-8-22-19(15)26-17(16)18(21)25)24-10-4-9-23(11-12-24)13-5-2-1-3-6-13/h5-10H,4,11-15,25H2,1-3H3;1-3,5-8H,4,9-12,20H2,(H2,21,25). The summed E-state index contributed by atoms with van der Waals surface area (Å²) in [5, 5.41) is 1.74. The number of carbonyl (C=O) groups excluding carboxylic acids is 3. The topological polar surface area (TPSA) is 171 Å². The van der Waals surface area contributed by atoms with Crippen LogP contribution in [-0.2, 0) is 11.2 Å². The fourth-order valence-electron chi connectivity index (χ4n) is 7.66. The Morgan fingerprint density at radius 1 is 0.638 bits per heavy atom. The molecule has 302 valence electrons. The first kappa shape index (κ1) is 40.3. The molecule has 0 saturated carbocycles. The summed E-state index contributed by atoms with van der Waals surface area (Å²) in [6, 6.07) is 22.8. The molecule has 2 amide bonds. The number of nitrogens with two attached hydrogens (primary N) is 3. The minimum atomic E-state index is -0.498. The summed E-state index contributed by atoms with van der Waals surface area (Å²) < 4.78 is 0. The van der Waals surface area contributed by atoms with E-state index in [9.17, 15) is 14.4 Å². The van der Waals surface area contributed by atoms with Crippen molar-refractivity contribution in [1.82, 2.24) is 14.9 Å². The van der Waals surface area contributed by atoms with Gasteiger partial charge in [-0.25, -0.2) is 9.97 Å². The van der Waals surface area contributed by atoms with Gasteiger partial charge in [0.05, 0.1) is 44.8 Å². The Balaban J connectivity index is 0.000000180. The van der Waals surface area contributed by atoms with Crippen LogP contribution >= 0.6 is 22.7 Å². The van der Waals surface area contributed by atoms with E-state index < -0.39 is 5.91 Å². The number of nitrogen functional groups attached to an aromatic ring is 2. The van der Waals surface area contributed by atoms with Crippen LogP contribution in [0, 0.1) is 0 Å². The number of aromatic nitrogens is 2. The molecule has 0 bridgehead atoms. The number of primary amides is 1. The van der Waals surface area contributed by atoms with Gasteiger partial charge in [0.25, 0.3) is 5.91 Å². The van der Waals surface area contributed by atoms with Crippen LogP contribution < -0.4 is 36.8 Å². The average molecular weight is 819 g/mol. The number of likely N-dealkylation sites (N-methyl/N-ethyl adjacent to an activating group) is 1. The summed E-state index contributed by atoms with van der Waals surface area (Å²) in [6.45, 7) is 8.91. The number of ketones is 1. The molecule has 0 aliphatic carbocycles. The van der Waals surface area contributed by atoms with Gasteiger partial charge in [0.1, 0.15) is 14.5 Å². The number of amides is 2. The highest BCUT2D eigenvalue weighted by molar-refractivity contribution is 7.21. The maximum Gasteiger partial charge on any atom is 0.260 e. The number of thiophene rings is 2. The van der Waals surface area contributed by atoms with Gasteiger partial charge in [-0.05, 0) is 54.8 Å². The van der Waals surface area contributed by atoms with Crippen molar-refractivity contribution in [2.45, 2.75) is 26.2 Å². The number of hydrogen-bond acceptors (Lipinski definition) is 13. The zero-order chi connectivity index (χ0) is 40.9. The molecule has 0 spiro atoms. The fraction of sp³-hybridized carbons (Fsp3) is 0.326. The van der Waals surface area contributed by atoms with Crippen LogP contribution in [0.2, 0.25) is 0 Å². The highest BCUT2D eigenvalue weighted by Crippen LogP contribution is 2.40. The second kappa shape index (κ2) is 17.7. The Bertz CT molecular complexity index is 2410. The van der Waals surface area contributed by atoms with Crippen LogP contribution in [-0.4, -0.2) is 98.9 Å². The molecule has 2 aliphatic heterocycles. The fourth-order valence-corrected chi connectivity index (χ4v) is 9.57. The van der Waals surface area contributed by atoms with E-state index in [1.54, 1.807) is 38.3 Å². The molecule has 15 heteroatoms. The van der Waals surface area contributed by atoms with Gasteiger partial charge in [0.15, 0.2) is 5.78 Å². The molecule has 2 saturated heterocycles. The molecular weight excluding hydrogens is 769 g/mol. The predicted molar refractivity (Wildman–Crippen MR) is 240 cm³/mol. The van der Waals surface area contributed by atoms with Crippen molar-refractivity contribution in [2.75, 3.05) is 97.5 Å². The Morgan fingerprint density at radius 2 is 1.10 bits per heavy atom. The zero-order valence-corrected chi connectivity index (χ0v) is 34.8. The third-order valence-electron chi connectivity index (χ3n) is 10.7. The van der Waals surface area contributed by atoms with Crippen LogP contribution in [0.15, 0.2) is 79.1 Å². The molecule has 0 unspecified atom stereocenters. The van der Waals surface area contributed by atoms with Crippen LogP contribution in [0.1, 0.15) is 44.7 Å². The minimum absolute atomic E-state index is 0.0192. The molecule has 0 radical (unpaired) electrons. The van der Waals surface area contributed by atoms with Crippen molar-refractivity contribution in [2.24, 2.45) is 5.73 Å². The van der Waals surface area contributed by atoms with E-state index in [4.69, 9.17) is 17.2 Å². The molecule has 2 aliphatic rings. The third kappa shape index (κ3) is 8.65. The lowest BCUT2D eigenvalue weighted by Gasteiger charge is -2.25. The van der Waals surface area contributed by atoms with Gasteiger partial charge in [-0.15, -0.1) is 22.7 Å². The maximum atomic E-state index is 12.0. The first-order valence-corrected chi connectivity index (χ1v) is 21.1. The van der Waals surface area contributed by atoms with Crippen molar-refractivity contribution < 1.29 is 14.4 Å². The van der Waals surface area contributed by atoms with Crippen molar-refractivity contribution in [3.63, 3.8) is 0 Å². The van der Waals surface area contributed by atoms with Crippen LogP contribution in [0.3, 0.4) is 0 Å². The van der Waals surface area contributed by atoms with E-state index >= 15 is 0 Å². The number of pyridine rings is 2. The highest BCUT2D eigenvalue weighted by Gasteiger charge is 2.24. The van der Waals surface area contributed by atoms with E-state index in [-0.39, 0.29) is 11.7 Å². The van der Waals surface area contributed by atoms with Crippen molar-refractivity contribution in [3.05, 3.63) is 94.4 Å². The molecule has 58 heavy (non-hydrogen) atoms. The molecule has 13 nitrogen and oxygen atoms in total. The number of carbonyl (C=O) groups is 3. The molecule has 6 heterocycles. The number of para-hydroxylation sites is 1. The van der Waals surface area contributed by atoms with Gasteiger partial charge >= 0.3 is 0 Å². The first-order valence-electron chi connectivity index (χ1n) is 19.5. The minimum Gasteiger partial charge on any atom is -0.397 e. The van der Waals surface area contributed by atoms with E-state index in [0.29, 0.717) is 27.5 Å². The summed E-state index contributed by atoms with van der Waals surface area (Å²) in [6.07, 6.45) is 6.05. The van der Waals surface area contributed by atoms with Crippen molar-refractivity contribution >= 4 is 94.8 Å². The number of fused-ring (bicyclic) bond motifs is 2. The second-order valence-corrected chi connectivity index (χ2v) is 16.8. The molecule has 0 atom stereocenters. The highest BCUT2D eigenvalue weighted by atomic mass is 32.1.